The van der Waals surface area contributed by atoms with Crippen LogP contribution in [0.1, 0.15) is 5.69 Å². The van der Waals surface area contributed by atoms with Gasteiger partial charge in [0.1, 0.15) is 0 Å². The van der Waals surface area contributed by atoms with E-state index in [-0.39, 0.29) is 11.5 Å². The normalized spacial score (nSPS) is 11.9. The van der Waals surface area contributed by atoms with Crippen LogP contribution in [-0.2, 0) is 0 Å². The number of nitrogens with zero attached hydrogens (tertiary/aromatic N) is 3. The van der Waals surface area contributed by atoms with Crippen LogP contribution in [0.15, 0.2) is 14.8 Å². The molecule has 1 rings (SSSR count). The molecule has 0 aliphatic carbocycles. The van der Waals surface area contributed by atoms with E-state index in [1.807, 2.05) is 0 Å². The highest BCUT2D eigenvalue weighted by molar-refractivity contribution is 7.98. The molecule has 0 saturated carbocycles. The molecule has 6 nitrogen and oxygen atoms in total. The molecule has 0 bridgehead atoms. The van der Waals surface area contributed by atoms with Crippen LogP contribution in [0, 0.1) is 0 Å². The smallest absolute Gasteiger partial charge is 0.195 e. The molecule has 11 heavy (non-hydrogen) atoms. The summed E-state index contributed by atoms with van der Waals surface area (Å²) in [5.41, 5.74) is 5.50. The minimum absolute atomic E-state index is 0.101. The van der Waals surface area contributed by atoms with Crippen LogP contribution in [-0.4, -0.2) is 27.6 Å². The van der Waals surface area contributed by atoms with Crippen molar-refractivity contribution in [1.82, 2.24) is 10.3 Å². The first-order chi connectivity index (χ1) is 5.29. The van der Waals surface area contributed by atoms with Crippen molar-refractivity contribution < 1.29 is 9.84 Å². The zero-order valence-electron chi connectivity index (χ0n) is 5.68. The van der Waals surface area contributed by atoms with Gasteiger partial charge >= 0.3 is 0 Å². The second-order valence-corrected chi connectivity index (χ2v) is 2.40. The molecule has 0 amide bonds. The third-order valence-corrected chi connectivity index (χ3v) is 1.66. The van der Waals surface area contributed by atoms with Gasteiger partial charge in [-0.3, -0.25) is 0 Å². The molecule has 3 N–H and O–H groups in total. The van der Waals surface area contributed by atoms with E-state index < -0.39 is 0 Å². The molecule has 1 aromatic heterocycles. The minimum Gasteiger partial charge on any atom is -0.409 e. The molecule has 0 radical (unpaired) electrons. The van der Waals surface area contributed by atoms with Gasteiger partial charge in [0.2, 0.25) is 0 Å². The Labute approximate surface area is 66.4 Å². The molecule has 0 saturated heterocycles. The zero-order valence-corrected chi connectivity index (χ0v) is 6.50. The fourth-order valence-electron chi connectivity index (χ4n) is 0.518. The lowest BCUT2D eigenvalue weighted by atomic mass is 10.4. The first-order valence-corrected chi connectivity index (χ1v) is 3.86. The Hall–Kier alpha value is -1.24. The monoisotopic (exact) mass is 174 g/mol. The van der Waals surface area contributed by atoms with E-state index in [9.17, 15) is 0 Å². The predicted molar refractivity (Wildman–Crippen MR) is 38.6 cm³/mol. The van der Waals surface area contributed by atoms with Gasteiger partial charge < -0.3 is 10.9 Å². The van der Waals surface area contributed by atoms with Crippen molar-refractivity contribution in [2.24, 2.45) is 10.9 Å². The zero-order chi connectivity index (χ0) is 8.27. The average Bonchev–Trinajstić information content (AvgIpc) is 2.50. The largest absolute Gasteiger partial charge is 0.409 e. The summed E-state index contributed by atoms with van der Waals surface area (Å²) in [6.07, 6.45) is 1.79. The number of oxime groups is 1. The quantitative estimate of drug-likeness (QED) is 0.213. The molecule has 0 atom stereocenters. The Morgan fingerprint density at radius 2 is 2.45 bits per heavy atom. The fourth-order valence-corrected chi connectivity index (χ4v) is 0.961. The summed E-state index contributed by atoms with van der Waals surface area (Å²) in [6, 6.07) is 0. The number of aromatic nitrogens is 2. The number of hydrogen-bond donors (Lipinski definition) is 2. The van der Waals surface area contributed by atoms with Crippen LogP contribution in [0.2, 0.25) is 0 Å². The number of nitrogens with two attached hydrogens (primary N) is 1. The summed E-state index contributed by atoms with van der Waals surface area (Å²) in [4.78, 5) is 0. The van der Waals surface area contributed by atoms with E-state index >= 15 is 0 Å². The van der Waals surface area contributed by atoms with Gasteiger partial charge in [-0.2, -0.15) is 0 Å². The van der Waals surface area contributed by atoms with Crippen molar-refractivity contribution in [1.29, 1.82) is 0 Å². The molecule has 0 unspecified atom stereocenters. The number of hydrogen-bond acceptors (Lipinski definition) is 6. The Morgan fingerprint density at radius 3 is 3.00 bits per heavy atom. The highest BCUT2D eigenvalue weighted by Crippen LogP contribution is 2.14. The molecule has 0 aromatic carbocycles. The summed E-state index contributed by atoms with van der Waals surface area (Å²) in [5, 5.41) is 18.5. The lowest BCUT2D eigenvalue weighted by Gasteiger charge is -1.90. The number of rotatable bonds is 2. The van der Waals surface area contributed by atoms with Crippen LogP contribution in [0.25, 0.3) is 0 Å². The Balaban J connectivity index is 3.02. The summed E-state index contributed by atoms with van der Waals surface area (Å²) in [7, 11) is 0. The molecule has 0 spiro atoms. The van der Waals surface area contributed by atoms with Crippen LogP contribution >= 0.6 is 11.8 Å². The second kappa shape index (κ2) is 3.24. The molecular formula is C4H6N4O2S. The maximum absolute atomic E-state index is 8.27. The number of thioether (sulfide) groups is 1. The highest BCUT2D eigenvalue weighted by atomic mass is 32.2. The Bertz CT molecular complexity index is 271. The van der Waals surface area contributed by atoms with Gasteiger partial charge in [0.25, 0.3) is 0 Å². The van der Waals surface area contributed by atoms with Crippen LogP contribution in [0.4, 0.5) is 0 Å². The van der Waals surface area contributed by atoms with Crippen molar-refractivity contribution in [3.63, 3.8) is 0 Å². The summed E-state index contributed by atoms with van der Waals surface area (Å²) < 4.78 is 4.37. The number of amidine groups is 1. The summed E-state index contributed by atoms with van der Waals surface area (Å²) in [6.45, 7) is 0. The third-order valence-electron chi connectivity index (χ3n) is 1.00. The standard InChI is InChI=1S/C4H6N4O2S/c1-11-4-2(3(5)6-9)7-10-8-4/h9H,1H3,(H2,5,6). The van der Waals surface area contributed by atoms with Gasteiger partial charge in [0, 0.05) is 0 Å². The summed E-state index contributed by atoms with van der Waals surface area (Å²) >= 11 is 1.31. The van der Waals surface area contributed by atoms with E-state index in [4.69, 9.17) is 10.9 Å². The molecule has 7 heteroatoms. The van der Waals surface area contributed by atoms with Crippen LogP contribution in [0.3, 0.4) is 0 Å². The van der Waals surface area contributed by atoms with Crippen molar-refractivity contribution in [3.05, 3.63) is 5.69 Å². The predicted octanol–water partition coefficient (Wildman–Crippen LogP) is -0.114. The Morgan fingerprint density at radius 1 is 1.73 bits per heavy atom. The molecule has 60 valence electrons. The van der Waals surface area contributed by atoms with Gasteiger partial charge in [0.15, 0.2) is 16.6 Å². The van der Waals surface area contributed by atoms with E-state index in [1.165, 1.54) is 11.8 Å². The molecule has 0 aliphatic heterocycles. The van der Waals surface area contributed by atoms with Gasteiger partial charge in [-0.1, -0.05) is 5.16 Å². The maximum atomic E-state index is 8.27. The van der Waals surface area contributed by atoms with Crippen LogP contribution in [0.5, 0.6) is 0 Å². The summed E-state index contributed by atoms with van der Waals surface area (Å²) in [5.74, 6) is -0.101. The molecular weight excluding hydrogens is 168 g/mol. The molecule has 0 fully saturated rings. The van der Waals surface area contributed by atoms with E-state index in [1.54, 1.807) is 6.26 Å². The third kappa shape index (κ3) is 1.43. The first kappa shape index (κ1) is 7.86. The minimum atomic E-state index is -0.101. The average molecular weight is 174 g/mol. The lowest BCUT2D eigenvalue weighted by molar-refractivity contribution is 0.297. The SMILES string of the molecule is CSc1nonc1C(N)=NO. The highest BCUT2D eigenvalue weighted by Gasteiger charge is 2.12. The van der Waals surface area contributed by atoms with Crippen LogP contribution < -0.4 is 5.73 Å². The molecule has 0 aliphatic rings. The van der Waals surface area contributed by atoms with Crippen molar-refractivity contribution in [3.8, 4) is 0 Å². The first-order valence-electron chi connectivity index (χ1n) is 2.64. The van der Waals surface area contributed by atoms with E-state index in [0.29, 0.717) is 5.03 Å². The van der Waals surface area contributed by atoms with Gasteiger partial charge in [-0.25, -0.2) is 4.63 Å². The lowest BCUT2D eigenvalue weighted by Crippen LogP contribution is -2.14. The maximum Gasteiger partial charge on any atom is 0.195 e. The van der Waals surface area contributed by atoms with Crippen molar-refractivity contribution in [2.75, 3.05) is 6.26 Å². The fraction of sp³-hybridized carbons (Fsp3) is 0.250. The molecule has 1 heterocycles. The second-order valence-electron chi connectivity index (χ2n) is 1.61. The van der Waals surface area contributed by atoms with Crippen molar-refractivity contribution >= 4 is 17.6 Å². The Kier molecular flexibility index (Phi) is 2.32. The molecule has 1 aromatic rings. The van der Waals surface area contributed by atoms with Gasteiger partial charge in [0.05, 0.1) is 0 Å². The van der Waals surface area contributed by atoms with Gasteiger partial charge in [-0.05, 0) is 16.6 Å². The topological polar surface area (TPSA) is 97.5 Å². The van der Waals surface area contributed by atoms with Crippen molar-refractivity contribution in [2.45, 2.75) is 5.03 Å². The van der Waals surface area contributed by atoms with E-state index in [0.717, 1.165) is 0 Å². The van der Waals surface area contributed by atoms with E-state index in [2.05, 4.69) is 20.1 Å². The van der Waals surface area contributed by atoms with Gasteiger partial charge in [-0.15, -0.1) is 11.8 Å².